The first kappa shape index (κ1) is 31.7. The zero-order chi connectivity index (χ0) is 30.0. The number of methoxy groups -OCH3 is 1. The lowest BCUT2D eigenvalue weighted by atomic mass is 10.0. The molecule has 0 unspecified atom stereocenters. The largest absolute Gasteiger partial charge is 0.497 e. The van der Waals surface area contributed by atoms with Crippen LogP contribution in [0.5, 0.6) is 5.75 Å². The number of anilines is 1. The van der Waals surface area contributed by atoms with Crippen molar-refractivity contribution in [2.24, 2.45) is 5.92 Å². The first-order chi connectivity index (χ1) is 19.5. The summed E-state index contributed by atoms with van der Waals surface area (Å²) < 4.78 is 32.6. The molecule has 3 rings (SSSR count). The molecule has 0 saturated heterocycles. The Bertz CT molecular complexity index is 1410. The van der Waals surface area contributed by atoms with Crippen LogP contribution in [0.15, 0.2) is 78.9 Å². The number of nitrogens with one attached hydrogen (secondary N) is 1. The van der Waals surface area contributed by atoms with E-state index < -0.39 is 28.5 Å². The molecule has 2 amide bonds. The number of nitrogens with zero attached hydrogens (tertiary/aromatic N) is 2. The minimum Gasteiger partial charge on any atom is -0.497 e. The monoisotopic (exact) mass is 579 g/mol. The van der Waals surface area contributed by atoms with E-state index in [0.29, 0.717) is 24.4 Å². The third kappa shape index (κ3) is 9.08. The maximum Gasteiger partial charge on any atom is 0.244 e. The highest BCUT2D eigenvalue weighted by molar-refractivity contribution is 7.92. The van der Waals surface area contributed by atoms with Gasteiger partial charge < -0.3 is 15.0 Å². The highest BCUT2D eigenvalue weighted by Crippen LogP contribution is 2.25. The highest BCUT2D eigenvalue weighted by atomic mass is 32.2. The summed E-state index contributed by atoms with van der Waals surface area (Å²) in [5.74, 6) is 0.0574. The quantitative estimate of drug-likeness (QED) is 0.305. The predicted octanol–water partition coefficient (Wildman–Crippen LogP) is 4.44. The van der Waals surface area contributed by atoms with E-state index in [4.69, 9.17) is 4.74 Å². The highest BCUT2D eigenvalue weighted by Gasteiger charge is 2.33. The number of amides is 2. The second kappa shape index (κ2) is 14.7. The van der Waals surface area contributed by atoms with Crippen LogP contribution in [-0.4, -0.2) is 57.6 Å². The Hall–Kier alpha value is -3.85. The van der Waals surface area contributed by atoms with Crippen LogP contribution >= 0.6 is 0 Å². The van der Waals surface area contributed by atoms with E-state index >= 15 is 0 Å². The Labute approximate surface area is 244 Å². The van der Waals surface area contributed by atoms with E-state index in [1.54, 1.807) is 25.3 Å². The third-order valence-electron chi connectivity index (χ3n) is 6.76. The molecule has 0 bridgehead atoms. The average molecular weight is 580 g/mol. The number of hydrogen-bond donors (Lipinski definition) is 1. The Kier molecular flexibility index (Phi) is 11.3. The van der Waals surface area contributed by atoms with E-state index in [0.717, 1.165) is 27.3 Å². The van der Waals surface area contributed by atoms with Crippen LogP contribution in [0.1, 0.15) is 37.5 Å². The number of hydrogen-bond acceptors (Lipinski definition) is 5. The van der Waals surface area contributed by atoms with Crippen molar-refractivity contribution in [3.8, 4) is 5.75 Å². The number of carbonyl (C=O) groups excluding carboxylic acids is 2. The lowest BCUT2D eigenvalue weighted by Gasteiger charge is -2.34. The van der Waals surface area contributed by atoms with E-state index in [2.05, 4.69) is 5.32 Å². The normalized spacial score (nSPS) is 12.0. The topological polar surface area (TPSA) is 96.0 Å². The number of benzene rings is 3. The van der Waals surface area contributed by atoms with Crippen molar-refractivity contribution in [2.75, 3.05) is 30.8 Å². The number of carbonyl (C=O) groups is 2. The van der Waals surface area contributed by atoms with Gasteiger partial charge in [0.2, 0.25) is 21.8 Å². The fourth-order valence-corrected chi connectivity index (χ4v) is 5.47. The van der Waals surface area contributed by atoms with Gasteiger partial charge in [0.05, 0.1) is 19.1 Å². The summed E-state index contributed by atoms with van der Waals surface area (Å²) in [6, 6.07) is 23.1. The smallest absolute Gasteiger partial charge is 0.244 e. The zero-order valence-electron chi connectivity index (χ0n) is 24.5. The second-order valence-corrected chi connectivity index (χ2v) is 12.4. The van der Waals surface area contributed by atoms with Crippen molar-refractivity contribution >= 4 is 27.5 Å². The van der Waals surface area contributed by atoms with Crippen molar-refractivity contribution in [1.29, 1.82) is 0 Å². The van der Waals surface area contributed by atoms with Gasteiger partial charge in [0.25, 0.3) is 0 Å². The molecule has 0 aliphatic carbocycles. The molecule has 0 aromatic heterocycles. The molecule has 3 aromatic rings. The van der Waals surface area contributed by atoms with Crippen LogP contribution in [0.4, 0.5) is 5.69 Å². The number of sulfonamides is 1. The molecule has 0 spiro atoms. The molecule has 9 heteroatoms. The Balaban J connectivity index is 2.08. The summed E-state index contributed by atoms with van der Waals surface area (Å²) >= 11 is 0. The summed E-state index contributed by atoms with van der Waals surface area (Å²) in [4.78, 5) is 29.4. The average Bonchev–Trinajstić information content (AvgIpc) is 2.96. The summed E-state index contributed by atoms with van der Waals surface area (Å²) in [5.41, 5.74) is 2.90. The summed E-state index contributed by atoms with van der Waals surface area (Å²) in [5, 5.41) is 2.99. The lowest BCUT2D eigenvalue weighted by molar-refractivity contribution is -0.140. The van der Waals surface area contributed by atoms with Crippen molar-refractivity contribution in [1.82, 2.24) is 10.2 Å². The van der Waals surface area contributed by atoms with E-state index in [-0.39, 0.29) is 24.8 Å². The number of para-hydroxylation sites is 1. The van der Waals surface area contributed by atoms with Gasteiger partial charge in [-0.25, -0.2) is 8.42 Å². The van der Waals surface area contributed by atoms with Crippen molar-refractivity contribution < 1.29 is 22.7 Å². The summed E-state index contributed by atoms with van der Waals surface area (Å²) in [6.45, 7) is 6.04. The van der Waals surface area contributed by atoms with Gasteiger partial charge in [-0.05, 0) is 47.2 Å². The predicted molar refractivity (Wildman–Crippen MR) is 163 cm³/mol. The van der Waals surface area contributed by atoms with Gasteiger partial charge in [-0.1, -0.05) is 81.4 Å². The molecule has 3 aromatic carbocycles. The van der Waals surface area contributed by atoms with E-state index in [1.807, 2.05) is 81.4 Å². The standard InChI is InChI=1S/C32H41N3O5S/c1-6-27-16-10-11-18-29(27)35(41(5,38)39)23-31(36)34(22-26-15-12-17-28(19-26)40-4)30(32(37)33-21-24(2)3)20-25-13-8-7-9-14-25/h7-19,24,30H,6,20-23H2,1-5H3,(H,33,37)/t30-/m1/s1. The number of aryl methyl sites for hydroxylation is 1. The van der Waals surface area contributed by atoms with Gasteiger partial charge in [0, 0.05) is 19.5 Å². The van der Waals surface area contributed by atoms with Gasteiger partial charge in [0.15, 0.2) is 0 Å². The molecule has 1 N–H and O–H groups in total. The molecule has 220 valence electrons. The van der Waals surface area contributed by atoms with Crippen molar-refractivity contribution in [3.05, 3.63) is 95.6 Å². The molecule has 0 fully saturated rings. The molecule has 0 aliphatic heterocycles. The van der Waals surface area contributed by atoms with Gasteiger partial charge in [0.1, 0.15) is 18.3 Å². The van der Waals surface area contributed by atoms with Crippen LogP contribution < -0.4 is 14.4 Å². The second-order valence-electron chi connectivity index (χ2n) is 10.5. The SMILES string of the molecule is CCc1ccccc1N(CC(=O)N(Cc1cccc(OC)c1)[C@H](Cc1ccccc1)C(=O)NCC(C)C)S(C)(=O)=O. The summed E-state index contributed by atoms with van der Waals surface area (Å²) in [7, 11) is -2.26. The number of rotatable bonds is 14. The summed E-state index contributed by atoms with van der Waals surface area (Å²) in [6.07, 6.45) is 1.96. The first-order valence-corrected chi connectivity index (χ1v) is 15.7. The zero-order valence-corrected chi connectivity index (χ0v) is 25.4. The lowest BCUT2D eigenvalue weighted by Crippen LogP contribution is -2.53. The van der Waals surface area contributed by atoms with Crippen LogP contribution in [0, 0.1) is 5.92 Å². The van der Waals surface area contributed by atoms with Crippen LogP contribution in [0.25, 0.3) is 0 Å². The minimum atomic E-state index is -3.82. The molecule has 1 atom stereocenters. The van der Waals surface area contributed by atoms with Crippen LogP contribution in [0.3, 0.4) is 0 Å². The molecule has 0 radical (unpaired) electrons. The fraction of sp³-hybridized carbons (Fsp3) is 0.375. The Morgan fingerprint density at radius 3 is 2.22 bits per heavy atom. The first-order valence-electron chi connectivity index (χ1n) is 13.8. The Morgan fingerprint density at radius 2 is 1.59 bits per heavy atom. The van der Waals surface area contributed by atoms with Gasteiger partial charge in [-0.3, -0.25) is 13.9 Å². The van der Waals surface area contributed by atoms with Crippen molar-refractivity contribution in [2.45, 2.75) is 46.2 Å². The fourth-order valence-electron chi connectivity index (χ4n) is 4.59. The molecule has 8 nitrogen and oxygen atoms in total. The van der Waals surface area contributed by atoms with Crippen molar-refractivity contribution in [3.63, 3.8) is 0 Å². The third-order valence-corrected chi connectivity index (χ3v) is 7.89. The number of ether oxygens (including phenoxy) is 1. The van der Waals surface area contributed by atoms with Gasteiger partial charge >= 0.3 is 0 Å². The minimum absolute atomic E-state index is 0.0929. The maximum absolute atomic E-state index is 14.2. The molecular weight excluding hydrogens is 538 g/mol. The molecular formula is C32H41N3O5S. The molecule has 0 saturated carbocycles. The van der Waals surface area contributed by atoms with Gasteiger partial charge in [-0.15, -0.1) is 0 Å². The molecule has 0 heterocycles. The maximum atomic E-state index is 14.2. The van der Waals surface area contributed by atoms with E-state index in [9.17, 15) is 18.0 Å². The molecule has 0 aliphatic rings. The van der Waals surface area contributed by atoms with Gasteiger partial charge in [-0.2, -0.15) is 0 Å². The van der Waals surface area contributed by atoms with Crippen LogP contribution in [0.2, 0.25) is 0 Å². The van der Waals surface area contributed by atoms with Crippen LogP contribution in [-0.2, 0) is 39.0 Å². The van der Waals surface area contributed by atoms with E-state index in [1.165, 1.54) is 4.90 Å². The molecule has 41 heavy (non-hydrogen) atoms. The Morgan fingerprint density at radius 1 is 0.927 bits per heavy atom.